The van der Waals surface area contributed by atoms with Crippen molar-refractivity contribution in [1.29, 1.82) is 0 Å². The number of nitro benzene ring substituents is 2. The van der Waals surface area contributed by atoms with Gasteiger partial charge in [-0.05, 0) is 31.7 Å². The Labute approximate surface area is 139 Å². The molecule has 1 N–H and O–H groups in total. The van der Waals surface area contributed by atoms with E-state index in [1.54, 1.807) is 13.8 Å². The van der Waals surface area contributed by atoms with Gasteiger partial charge in [-0.2, -0.15) is 0 Å². The van der Waals surface area contributed by atoms with Crippen LogP contribution in [-0.2, 0) is 4.79 Å². The summed E-state index contributed by atoms with van der Waals surface area (Å²) in [7, 11) is 0. The minimum Gasteiger partial charge on any atom is -0.502 e. The van der Waals surface area contributed by atoms with Crippen molar-refractivity contribution in [3.8, 4) is 5.75 Å². The van der Waals surface area contributed by atoms with E-state index in [9.17, 15) is 34.9 Å². The molecule has 0 atom stereocenters. The average Bonchev–Trinajstić information content (AvgIpc) is 2.74. The van der Waals surface area contributed by atoms with Crippen molar-refractivity contribution in [2.75, 3.05) is 0 Å². The highest BCUT2D eigenvalue weighted by molar-refractivity contribution is 8.18. The average molecular weight is 353 g/mol. The molecular formula is C13H11N3O7S. The number of imide groups is 1. The standard InChI is InChI=1S/C13H11N3O7S/c1-6(2)14-12(18)10(24-13(14)19)4-7-3-8(15(20)21)5-9(11(7)17)16(22)23/h3-6,17H,1-2H3/b10-4+. The fourth-order valence-corrected chi connectivity index (χ4v) is 3.00. The highest BCUT2D eigenvalue weighted by Gasteiger charge is 2.37. The van der Waals surface area contributed by atoms with E-state index < -0.39 is 44.2 Å². The normalized spacial score (nSPS) is 16.3. The van der Waals surface area contributed by atoms with Crippen molar-refractivity contribution in [2.45, 2.75) is 19.9 Å². The third kappa shape index (κ3) is 3.06. The summed E-state index contributed by atoms with van der Waals surface area (Å²) in [6.07, 6.45) is 1.03. The summed E-state index contributed by atoms with van der Waals surface area (Å²) in [6, 6.07) is 1.12. The number of phenols is 1. The summed E-state index contributed by atoms with van der Waals surface area (Å²) < 4.78 is 0. The molecule has 2 rings (SSSR count). The van der Waals surface area contributed by atoms with Crippen molar-refractivity contribution in [1.82, 2.24) is 4.90 Å². The van der Waals surface area contributed by atoms with E-state index in [1.165, 1.54) is 0 Å². The summed E-state index contributed by atoms with van der Waals surface area (Å²) in [4.78, 5) is 44.9. The summed E-state index contributed by atoms with van der Waals surface area (Å²) in [6.45, 7) is 3.27. The van der Waals surface area contributed by atoms with Gasteiger partial charge in [0.25, 0.3) is 16.8 Å². The van der Waals surface area contributed by atoms with Crippen molar-refractivity contribution in [2.24, 2.45) is 0 Å². The molecule has 1 saturated heterocycles. The zero-order valence-corrected chi connectivity index (χ0v) is 13.3. The summed E-state index contributed by atoms with van der Waals surface area (Å²) >= 11 is 0.590. The number of aromatic hydroxyl groups is 1. The van der Waals surface area contributed by atoms with Crippen LogP contribution in [0.4, 0.5) is 16.2 Å². The molecule has 11 heteroatoms. The minimum atomic E-state index is -0.973. The van der Waals surface area contributed by atoms with Crippen LogP contribution in [0.3, 0.4) is 0 Å². The Morgan fingerprint density at radius 2 is 1.83 bits per heavy atom. The second-order valence-electron chi connectivity index (χ2n) is 5.06. The number of hydrogen-bond acceptors (Lipinski definition) is 8. The molecule has 2 amide bonds. The molecule has 1 aromatic rings. The van der Waals surface area contributed by atoms with Gasteiger partial charge in [0.1, 0.15) is 0 Å². The van der Waals surface area contributed by atoms with Crippen molar-refractivity contribution in [3.05, 3.63) is 42.8 Å². The van der Waals surface area contributed by atoms with Crippen molar-refractivity contribution < 1.29 is 24.5 Å². The van der Waals surface area contributed by atoms with Crippen LogP contribution in [0, 0.1) is 20.2 Å². The molecule has 1 aromatic carbocycles. The molecule has 126 valence electrons. The Morgan fingerprint density at radius 3 is 2.29 bits per heavy atom. The number of nitrogens with zero attached hydrogens (tertiary/aromatic N) is 3. The maximum absolute atomic E-state index is 12.2. The van der Waals surface area contributed by atoms with Crippen LogP contribution >= 0.6 is 11.8 Å². The third-order valence-electron chi connectivity index (χ3n) is 3.14. The number of thioether (sulfide) groups is 1. The molecule has 0 aromatic heterocycles. The second-order valence-corrected chi connectivity index (χ2v) is 6.06. The van der Waals surface area contributed by atoms with Gasteiger partial charge in [-0.25, -0.2) is 0 Å². The smallest absolute Gasteiger partial charge is 0.318 e. The lowest BCUT2D eigenvalue weighted by Gasteiger charge is -2.16. The first kappa shape index (κ1) is 17.4. The number of benzene rings is 1. The molecular weight excluding hydrogens is 342 g/mol. The lowest BCUT2D eigenvalue weighted by atomic mass is 10.1. The van der Waals surface area contributed by atoms with Gasteiger partial charge in [0.05, 0.1) is 20.8 Å². The molecule has 0 bridgehead atoms. The van der Waals surface area contributed by atoms with Crippen LogP contribution < -0.4 is 0 Å². The highest BCUT2D eigenvalue weighted by Crippen LogP contribution is 2.39. The molecule has 0 radical (unpaired) electrons. The van der Waals surface area contributed by atoms with Gasteiger partial charge in [0.2, 0.25) is 5.75 Å². The van der Waals surface area contributed by atoms with Crippen LogP contribution in [0.25, 0.3) is 6.08 Å². The zero-order chi connectivity index (χ0) is 18.2. The predicted octanol–water partition coefficient (Wildman–Crippen LogP) is 2.65. The number of rotatable bonds is 4. The van der Waals surface area contributed by atoms with Crippen LogP contribution in [0.15, 0.2) is 17.0 Å². The number of carbonyl (C=O) groups is 2. The Bertz CT molecular complexity index is 803. The van der Waals surface area contributed by atoms with E-state index >= 15 is 0 Å². The number of non-ortho nitro benzene ring substituents is 1. The number of amides is 2. The molecule has 0 saturated carbocycles. The first-order valence-corrected chi connectivity index (χ1v) is 7.38. The minimum absolute atomic E-state index is 0.0844. The summed E-state index contributed by atoms with van der Waals surface area (Å²) in [5.74, 6) is -1.45. The van der Waals surface area contributed by atoms with Crippen LogP contribution in [-0.4, -0.2) is 37.0 Å². The van der Waals surface area contributed by atoms with Crippen LogP contribution in [0.5, 0.6) is 5.75 Å². The molecule has 1 heterocycles. The molecule has 0 aliphatic carbocycles. The quantitative estimate of drug-likeness (QED) is 0.494. The third-order valence-corrected chi connectivity index (χ3v) is 4.02. The summed E-state index contributed by atoms with van der Waals surface area (Å²) in [5, 5.41) is 31.2. The van der Waals surface area contributed by atoms with E-state index in [4.69, 9.17) is 0 Å². The first-order chi connectivity index (χ1) is 11.1. The Morgan fingerprint density at radius 1 is 1.21 bits per heavy atom. The van der Waals surface area contributed by atoms with Gasteiger partial charge in [0.15, 0.2) is 0 Å². The van der Waals surface area contributed by atoms with Gasteiger partial charge >= 0.3 is 5.69 Å². The maximum atomic E-state index is 12.2. The number of phenolic OH excluding ortho intramolecular Hbond substituents is 1. The first-order valence-electron chi connectivity index (χ1n) is 6.56. The van der Waals surface area contributed by atoms with Gasteiger partial charge in [-0.1, -0.05) is 0 Å². The van der Waals surface area contributed by atoms with Crippen molar-refractivity contribution >= 4 is 40.4 Å². The van der Waals surface area contributed by atoms with Gasteiger partial charge < -0.3 is 5.11 Å². The Hall–Kier alpha value is -2.95. The fraction of sp³-hybridized carbons (Fsp3) is 0.231. The molecule has 0 unspecified atom stereocenters. The van der Waals surface area contributed by atoms with Gasteiger partial charge in [0, 0.05) is 17.7 Å². The predicted molar refractivity (Wildman–Crippen MR) is 84.4 cm³/mol. The van der Waals surface area contributed by atoms with Crippen molar-refractivity contribution in [3.63, 3.8) is 0 Å². The molecule has 0 spiro atoms. The SMILES string of the molecule is CC(C)N1C(=O)S/C(=C/c2cc([N+](=O)[O-])cc([N+](=O)[O-])c2O)C1=O. The van der Waals surface area contributed by atoms with E-state index in [1.807, 2.05) is 0 Å². The molecule has 10 nitrogen and oxygen atoms in total. The molecule has 24 heavy (non-hydrogen) atoms. The maximum Gasteiger partial charge on any atom is 0.318 e. The number of nitro groups is 2. The van der Waals surface area contributed by atoms with E-state index in [0.29, 0.717) is 17.8 Å². The second kappa shape index (κ2) is 6.28. The Balaban J connectivity index is 2.57. The van der Waals surface area contributed by atoms with E-state index in [-0.39, 0.29) is 10.5 Å². The van der Waals surface area contributed by atoms with E-state index in [0.717, 1.165) is 17.0 Å². The van der Waals surface area contributed by atoms with Crippen LogP contribution in [0.2, 0.25) is 0 Å². The largest absolute Gasteiger partial charge is 0.502 e. The van der Waals surface area contributed by atoms with Crippen LogP contribution in [0.1, 0.15) is 19.4 Å². The van der Waals surface area contributed by atoms with Gasteiger partial charge in [-0.3, -0.25) is 34.7 Å². The highest BCUT2D eigenvalue weighted by atomic mass is 32.2. The topological polar surface area (TPSA) is 144 Å². The lowest BCUT2D eigenvalue weighted by molar-refractivity contribution is -0.394. The fourth-order valence-electron chi connectivity index (χ4n) is 2.05. The summed E-state index contributed by atoms with van der Waals surface area (Å²) in [5.41, 5.74) is -1.77. The Kier molecular flexibility index (Phi) is 4.55. The monoisotopic (exact) mass is 353 g/mol. The zero-order valence-electron chi connectivity index (χ0n) is 12.5. The van der Waals surface area contributed by atoms with E-state index in [2.05, 4.69) is 0 Å². The lowest BCUT2D eigenvalue weighted by Crippen LogP contribution is -2.34. The van der Waals surface area contributed by atoms with Gasteiger partial charge in [-0.15, -0.1) is 0 Å². The molecule has 1 fully saturated rings. The number of hydrogen-bond donors (Lipinski definition) is 1. The number of carbonyl (C=O) groups excluding carboxylic acids is 2. The molecule has 1 aliphatic rings. The molecule has 1 aliphatic heterocycles.